The van der Waals surface area contributed by atoms with E-state index in [1.807, 2.05) is 0 Å². The molecule has 0 nitrogen and oxygen atoms in total. The average Bonchev–Trinajstić information content (AvgIpc) is 2.08. The summed E-state index contributed by atoms with van der Waals surface area (Å²) in [6.45, 7) is 9.87. The van der Waals surface area contributed by atoms with Crippen molar-refractivity contribution in [3.05, 3.63) is 11.6 Å². The third-order valence-corrected chi connectivity index (χ3v) is 4.88. The van der Waals surface area contributed by atoms with Gasteiger partial charge in [0.25, 0.3) is 0 Å². The van der Waals surface area contributed by atoms with Crippen molar-refractivity contribution in [2.75, 3.05) is 0 Å². The first kappa shape index (κ1) is 9.00. The second-order valence-electron chi connectivity index (χ2n) is 7.46. The molecule has 0 N–H and O–H groups in total. The Kier molecular flexibility index (Phi) is 1.37. The summed E-state index contributed by atoms with van der Waals surface area (Å²) in [6, 6.07) is 0. The van der Waals surface area contributed by atoms with E-state index < -0.39 is 0 Å². The number of hydrogen-bond acceptors (Lipinski definition) is 0. The fourth-order valence-corrected chi connectivity index (χ4v) is 5.07. The second-order valence-corrected chi connectivity index (χ2v) is 7.46. The maximum absolute atomic E-state index is 2.60. The van der Waals surface area contributed by atoms with Gasteiger partial charge in [-0.15, -0.1) is 0 Å². The molecule has 0 aliphatic heterocycles. The van der Waals surface area contributed by atoms with Crippen LogP contribution in [0.15, 0.2) is 11.6 Å². The number of hydrogen-bond donors (Lipinski definition) is 0. The number of rotatable bonds is 0. The highest BCUT2D eigenvalue weighted by Crippen LogP contribution is 2.70. The van der Waals surface area contributed by atoms with Gasteiger partial charge in [-0.25, -0.2) is 0 Å². The molecule has 0 aromatic carbocycles. The van der Waals surface area contributed by atoms with Crippen LogP contribution in [0.4, 0.5) is 0 Å². The summed E-state index contributed by atoms with van der Waals surface area (Å²) in [4.78, 5) is 0. The van der Waals surface area contributed by atoms with Crippen molar-refractivity contribution in [3.63, 3.8) is 0 Å². The smallest absolute Gasteiger partial charge is 0.0140 e. The van der Waals surface area contributed by atoms with Gasteiger partial charge in [0, 0.05) is 0 Å². The Hall–Kier alpha value is -0.260. The van der Waals surface area contributed by atoms with Crippen molar-refractivity contribution in [2.45, 2.75) is 53.4 Å². The highest BCUT2D eigenvalue weighted by atomic mass is 14.6. The lowest BCUT2D eigenvalue weighted by Crippen LogP contribution is -2.37. The van der Waals surface area contributed by atoms with E-state index in [9.17, 15) is 0 Å². The normalized spacial score (nSPS) is 53.4. The predicted octanol–water partition coefficient (Wildman–Crippen LogP) is 4.17. The lowest BCUT2D eigenvalue weighted by atomic mass is 9.57. The molecule has 2 saturated carbocycles. The van der Waals surface area contributed by atoms with Crippen LogP contribution in [0.25, 0.3) is 0 Å². The third-order valence-electron chi connectivity index (χ3n) is 4.88. The molecule has 78 valence electrons. The van der Waals surface area contributed by atoms with Crippen LogP contribution >= 0.6 is 0 Å². The van der Waals surface area contributed by atoms with Crippen molar-refractivity contribution in [1.82, 2.24) is 0 Å². The zero-order valence-corrected chi connectivity index (χ0v) is 9.98. The van der Waals surface area contributed by atoms with Crippen LogP contribution in [0.3, 0.4) is 0 Å². The van der Waals surface area contributed by atoms with Crippen LogP contribution in [0.2, 0.25) is 0 Å². The van der Waals surface area contributed by atoms with Crippen molar-refractivity contribution in [1.29, 1.82) is 0 Å². The molecule has 0 heteroatoms. The molecule has 0 spiro atoms. The van der Waals surface area contributed by atoms with E-state index >= 15 is 0 Å². The second kappa shape index (κ2) is 2.13. The van der Waals surface area contributed by atoms with Gasteiger partial charge in [0.2, 0.25) is 0 Å². The lowest BCUT2D eigenvalue weighted by Gasteiger charge is -2.47. The van der Waals surface area contributed by atoms with Crippen molar-refractivity contribution < 1.29 is 0 Å². The van der Waals surface area contributed by atoms with E-state index in [4.69, 9.17) is 0 Å². The average molecular weight is 190 g/mol. The molecule has 2 bridgehead atoms. The standard InChI is InChI=1S/C14H22/c1-12(2)5-10-6-14(4)9-13(3,8-12)7-11(10)14/h5,11H,6-9H2,1-4H3. The predicted molar refractivity (Wildman–Crippen MR) is 60.0 cm³/mol. The van der Waals surface area contributed by atoms with Crippen LogP contribution in [-0.2, 0) is 0 Å². The highest BCUT2D eigenvalue weighted by molar-refractivity contribution is 5.32. The quantitative estimate of drug-likeness (QED) is 0.503. The van der Waals surface area contributed by atoms with Gasteiger partial charge in [0.05, 0.1) is 0 Å². The van der Waals surface area contributed by atoms with Gasteiger partial charge in [0.15, 0.2) is 0 Å². The Balaban J connectivity index is 2.07. The molecule has 0 saturated heterocycles. The summed E-state index contributed by atoms with van der Waals surface area (Å²) in [5, 5.41) is 0. The molecule has 0 aromatic rings. The highest BCUT2D eigenvalue weighted by Gasteiger charge is 2.59. The largest absolute Gasteiger partial charge is 0.0793 e. The molecule has 3 aliphatic carbocycles. The van der Waals surface area contributed by atoms with E-state index in [-0.39, 0.29) is 0 Å². The first-order valence-electron chi connectivity index (χ1n) is 6.04. The van der Waals surface area contributed by atoms with E-state index in [1.165, 1.54) is 25.7 Å². The summed E-state index contributed by atoms with van der Waals surface area (Å²) >= 11 is 0. The molecule has 0 amide bonds. The molecule has 0 heterocycles. The minimum atomic E-state index is 0.459. The summed E-state index contributed by atoms with van der Waals surface area (Å²) in [6.07, 6.45) is 8.35. The molecule has 14 heavy (non-hydrogen) atoms. The Morgan fingerprint density at radius 3 is 2.57 bits per heavy atom. The van der Waals surface area contributed by atoms with Gasteiger partial charge < -0.3 is 0 Å². The third kappa shape index (κ3) is 1.00. The van der Waals surface area contributed by atoms with Crippen LogP contribution in [0.5, 0.6) is 0 Å². The van der Waals surface area contributed by atoms with Crippen molar-refractivity contribution in [3.8, 4) is 0 Å². The van der Waals surface area contributed by atoms with Crippen LogP contribution in [0, 0.1) is 22.2 Å². The zero-order chi connectivity index (χ0) is 10.2. The van der Waals surface area contributed by atoms with Crippen molar-refractivity contribution in [2.24, 2.45) is 22.2 Å². The molecular formula is C14H22. The summed E-state index contributed by atoms with van der Waals surface area (Å²) in [5.41, 5.74) is 3.58. The fourth-order valence-electron chi connectivity index (χ4n) is 5.07. The van der Waals surface area contributed by atoms with Crippen molar-refractivity contribution >= 4 is 0 Å². The van der Waals surface area contributed by atoms with Crippen LogP contribution in [0.1, 0.15) is 53.4 Å². The minimum Gasteiger partial charge on any atom is -0.0793 e. The van der Waals surface area contributed by atoms with Gasteiger partial charge >= 0.3 is 0 Å². The first-order chi connectivity index (χ1) is 6.32. The number of allylic oxidation sites excluding steroid dienone is 2. The number of fused-ring (bicyclic) bond motifs is 1. The van der Waals surface area contributed by atoms with E-state index in [0.29, 0.717) is 16.2 Å². The Labute approximate surface area is 87.8 Å². The molecule has 3 unspecified atom stereocenters. The summed E-state index contributed by atoms with van der Waals surface area (Å²) in [7, 11) is 0. The SMILES string of the molecule is CC1(C)C=C2CC3(C)CC(C)(CC23)C1. The van der Waals surface area contributed by atoms with Gasteiger partial charge in [-0.3, -0.25) is 0 Å². The van der Waals surface area contributed by atoms with E-state index in [1.54, 1.807) is 5.57 Å². The molecule has 2 fully saturated rings. The topological polar surface area (TPSA) is 0 Å². The van der Waals surface area contributed by atoms with Crippen LogP contribution in [-0.4, -0.2) is 0 Å². The first-order valence-corrected chi connectivity index (χ1v) is 6.04. The Bertz CT molecular complexity index is 323. The van der Waals surface area contributed by atoms with E-state index in [2.05, 4.69) is 33.8 Å². The maximum atomic E-state index is 2.60. The Morgan fingerprint density at radius 2 is 1.86 bits per heavy atom. The molecular weight excluding hydrogens is 168 g/mol. The maximum Gasteiger partial charge on any atom is -0.0140 e. The van der Waals surface area contributed by atoms with Crippen LogP contribution < -0.4 is 0 Å². The van der Waals surface area contributed by atoms with Gasteiger partial charge in [-0.1, -0.05) is 39.3 Å². The summed E-state index contributed by atoms with van der Waals surface area (Å²) < 4.78 is 0. The Morgan fingerprint density at radius 1 is 1.14 bits per heavy atom. The van der Waals surface area contributed by atoms with Gasteiger partial charge in [-0.2, -0.15) is 0 Å². The van der Waals surface area contributed by atoms with Gasteiger partial charge in [-0.05, 0) is 47.8 Å². The lowest BCUT2D eigenvalue weighted by molar-refractivity contribution is 0.137. The minimum absolute atomic E-state index is 0.459. The summed E-state index contributed by atoms with van der Waals surface area (Å²) in [5.74, 6) is 0.953. The monoisotopic (exact) mass is 190 g/mol. The molecule has 3 aliphatic rings. The molecule has 0 aromatic heterocycles. The molecule has 0 radical (unpaired) electrons. The molecule has 3 atom stereocenters. The van der Waals surface area contributed by atoms with E-state index in [0.717, 1.165) is 5.92 Å². The zero-order valence-electron chi connectivity index (χ0n) is 9.98. The van der Waals surface area contributed by atoms with Gasteiger partial charge in [0.1, 0.15) is 0 Å². The molecule has 3 rings (SSSR count). The fraction of sp³-hybridized carbons (Fsp3) is 0.857.